The lowest BCUT2D eigenvalue weighted by Gasteiger charge is -2.32. The van der Waals surface area contributed by atoms with Crippen LogP contribution in [0.3, 0.4) is 0 Å². The van der Waals surface area contributed by atoms with Gasteiger partial charge in [0.05, 0.1) is 7.11 Å². The molecule has 4 heteroatoms. The smallest absolute Gasteiger partial charge is 0.323 e. The van der Waals surface area contributed by atoms with Crippen molar-refractivity contribution >= 4 is 11.9 Å². The van der Waals surface area contributed by atoms with Crippen LogP contribution in [0.2, 0.25) is 0 Å². The summed E-state index contributed by atoms with van der Waals surface area (Å²) in [5.74, 6) is -1.60. The van der Waals surface area contributed by atoms with Gasteiger partial charge in [0, 0.05) is 0 Å². The Balaban J connectivity index is 2.75. The quantitative estimate of drug-likeness (QED) is 0.397. The van der Waals surface area contributed by atoms with Gasteiger partial charge in [-0.2, -0.15) is 0 Å². The van der Waals surface area contributed by atoms with E-state index < -0.39 is 17.4 Å². The molecule has 1 saturated carbocycles. The van der Waals surface area contributed by atoms with E-state index in [4.69, 9.17) is 4.74 Å². The Morgan fingerprint density at radius 3 is 2.25 bits per heavy atom. The van der Waals surface area contributed by atoms with E-state index >= 15 is 0 Å². The maximum atomic E-state index is 12.2. The summed E-state index contributed by atoms with van der Waals surface area (Å²) < 4.78 is 4.85. The molecule has 20 heavy (non-hydrogen) atoms. The van der Waals surface area contributed by atoms with Crippen LogP contribution in [0.4, 0.5) is 0 Å². The maximum Gasteiger partial charge on any atom is 0.323 e. The summed E-state index contributed by atoms with van der Waals surface area (Å²) in [6, 6.07) is 0. The monoisotopic (exact) mass is 284 g/mol. The van der Waals surface area contributed by atoms with Crippen molar-refractivity contribution in [1.82, 2.24) is 0 Å². The van der Waals surface area contributed by atoms with Gasteiger partial charge in [-0.25, -0.2) is 0 Å². The lowest BCUT2D eigenvalue weighted by molar-refractivity contribution is -0.172. The SMILES string of the molecule is CCCCCCCC(C(=O)O)(C(=O)OC)C1CCCC1. The minimum absolute atomic E-state index is 0.0568. The molecule has 1 aliphatic rings. The van der Waals surface area contributed by atoms with Gasteiger partial charge in [0.2, 0.25) is 0 Å². The van der Waals surface area contributed by atoms with E-state index in [1.54, 1.807) is 0 Å². The van der Waals surface area contributed by atoms with Crippen LogP contribution in [0.15, 0.2) is 0 Å². The van der Waals surface area contributed by atoms with Crippen molar-refractivity contribution < 1.29 is 19.4 Å². The lowest BCUT2D eigenvalue weighted by Crippen LogP contribution is -2.45. The molecule has 1 N–H and O–H groups in total. The molecule has 0 aromatic carbocycles. The normalized spacial score (nSPS) is 18.7. The van der Waals surface area contributed by atoms with Gasteiger partial charge in [0.15, 0.2) is 5.41 Å². The number of carboxylic acid groups (broad SMARTS) is 1. The highest BCUT2D eigenvalue weighted by Crippen LogP contribution is 2.44. The number of unbranched alkanes of at least 4 members (excludes halogenated alkanes) is 4. The van der Waals surface area contributed by atoms with E-state index in [1.165, 1.54) is 13.5 Å². The summed E-state index contributed by atoms with van der Waals surface area (Å²) in [5.41, 5.74) is -1.31. The molecular weight excluding hydrogens is 256 g/mol. The average molecular weight is 284 g/mol. The molecule has 0 heterocycles. The third-order valence-electron chi connectivity index (χ3n) is 4.66. The van der Waals surface area contributed by atoms with E-state index in [0.29, 0.717) is 6.42 Å². The summed E-state index contributed by atoms with van der Waals surface area (Å²) in [4.78, 5) is 24.0. The standard InChI is InChI=1S/C16H28O4/c1-3-4-5-6-9-12-16(14(17)18,15(19)20-2)13-10-7-8-11-13/h13H,3-12H2,1-2H3,(H,17,18). The number of ether oxygens (including phenoxy) is 1. The number of hydrogen-bond donors (Lipinski definition) is 1. The van der Waals surface area contributed by atoms with Crippen LogP contribution in [0.1, 0.15) is 71.1 Å². The average Bonchev–Trinajstić information content (AvgIpc) is 2.96. The van der Waals surface area contributed by atoms with Crippen molar-refractivity contribution in [3.8, 4) is 0 Å². The Kier molecular flexibility index (Phi) is 7.03. The van der Waals surface area contributed by atoms with Crippen molar-refractivity contribution in [2.75, 3.05) is 7.11 Å². The number of rotatable bonds is 9. The minimum Gasteiger partial charge on any atom is -0.480 e. The van der Waals surface area contributed by atoms with Crippen molar-refractivity contribution in [2.45, 2.75) is 71.1 Å². The first-order valence-electron chi connectivity index (χ1n) is 7.91. The van der Waals surface area contributed by atoms with Gasteiger partial charge in [-0.05, 0) is 25.2 Å². The van der Waals surface area contributed by atoms with Crippen molar-refractivity contribution in [2.24, 2.45) is 11.3 Å². The fraction of sp³-hybridized carbons (Fsp3) is 0.875. The first kappa shape index (κ1) is 17.0. The molecule has 0 saturated heterocycles. The molecule has 4 nitrogen and oxygen atoms in total. The molecule has 1 aliphatic carbocycles. The summed E-state index contributed by atoms with van der Waals surface area (Å²) in [6.07, 6.45) is 9.34. The van der Waals surface area contributed by atoms with Gasteiger partial charge in [-0.15, -0.1) is 0 Å². The number of esters is 1. The molecule has 0 radical (unpaired) electrons. The van der Waals surface area contributed by atoms with E-state index in [-0.39, 0.29) is 5.92 Å². The Morgan fingerprint density at radius 2 is 1.75 bits per heavy atom. The van der Waals surface area contributed by atoms with Crippen molar-refractivity contribution in [1.29, 1.82) is 0 Å². The molecule has 116 valence electrons. The van der Waals surface area contributed by atoms with Crippen LogP contribution >= 0.6 is 0 Å². The zero-order valence-electron chi connectivity index (χ0n) is 12.8. The van der Waals surface area contributed by atoms with Gasteiger partial charge in [-0.3, -0.25) is 9.59 Å². The number of carbonyl (C=O) groups excluding carboxylic acids is 1. The first-order valence-corrected chi connectivity index (χ1v) is 7.91. The predicted molar refractivity (Wildman–Crippen MR) is 77.4 cm³/mol. The second-order valence-corrected chi connectivity index (χ2v) is 5.91. The second kappa shape index (κ2) is 8.28. The molecule has 1 rings (SSSR count). The zero-order valence-corrected chi connectivity index (χ0v) is 12.8. The number of aliphatic carboxylic acids is 1. The van der Waals surface area contributed by atoms with Crippen LogP contribution < -0.4 is 0 Å². The zero-order chi connectivity index (χ0) is 15.0. The number of methoxy groups -OCH3 is 1. The number of hydrogen-bond acceptors (Lipinski definition) is 3. The van der Waals surface area contributed by atoms with Gasteiger partial charge in [0.25, 0.3) is 0 Å². The third-order valence-corrected chi connectivity index (χ3v) is 4.66. The lowest BCUT2D eigenvalue weighted by atomic mass is 9.70. The van der Waals surface area contributed by atoms with E-state index in [1.807, 2.05) is 0 Å². The van der Waals surface area contributed by atoms with Crippen molar-refractivity contribution in [3.63, 3.8) is 0 Å². The largest absolute Gasteiger partial charge is 0.480 e. The summed E-state index contributed by atoms with van der Waals surface area (Å²) >= 11 is 0. The summed E-state index contributed by atoms with van der Waals surface area (Å²) in [7, 11) is 1.30. The van der Waals surface area contributed by atoms with Crippen molar-refractivity contribution in [3.05, 3.63) is 0 Å². The Bertz CT molecular complexity index is 320. The molecule has 0 aliphatic heterocycles. The molecule has 1 fully saturated rings. The molecular formula is C16H28O4. The van der Waals surface area contributed by atoms with E-state index in [0.717, 1.165) is 51.4 Å². The molecule has 0 amide bonds. The van der Waals surface area contributed by atoms with Crippen LogP contribution in [-0.2, 0) is 14.3 Å². The highest BCUT2D eigenvalue weighted by atomic mass is 16.5. The van der Waals surface area contributed by atoms with Crippen LogP contribution in [-0.4, -0.2) is 24.2 Å². The highest BCUT2D eigenvalue weighted by Gasteiger charge is 2.53. The predicted octanol–water partition coefficient (Wildman–Crippen LogP) is 3.78. The maximum absolute atomic E-state index is 12.2. The summed E-state index contributed by atoms with van der Waals surface area (Å²) in [5, 5.41) is 9.69. The Morgan fingerprint density at radius 1 is 1.15 bits per heavy atom. The van der Waals surface area contributed by atoms with E-state index in [2.05, 4.69) is 6.92 Å². The topological polar surface area (TPSA) is 63.6 Å². The van der Waals surface area contributed by atoms with Crippen LogP contribution in [0.25, 0.3) is 0 Å². The van der Waals surface area contributed by atoms with E-state index in [9.17, 15) is 14.7 Å². The molecule has 0 aromatic rings. The minimum atomic E-state index is -1.31. The molecule has 1 unspecified atom stereocenters. The van der Waals surface area contributed by atoms with Gasteiger partial charge < -0.3 is 9.84 Å². The molecule has 1 atom stereocenters. The molecule has 0 aromatic heterocycles. The number of carboxylic acids is 1. The highest BCUT2D eigenvalue weighted by molar-refractivity contribution is 5.99. The number of carbonyl (C=O) groups is 2. The third kappa shape index (κ3) is 3.74. The Hall–Kier alpha value is -1.06. The van der Waals surface area contributed by atoms with Gasteiger partial charge in [0.1, 0.15) is 0 Å². The summed E-state index contributed by atoms with van der Waals surface area (Å²) in [6.45, 7) is 2.15. The second-order valence-electron chi connectivity index (χ2n) is 5.91. The molecule has 0 spiro atoms. The molecule has 0 bridgehead atoms. The van der Waals surface area contributed by atoms with Crippen LogP contribution in [0.5, 0.6) is 0 Å². The van der Waals surface area contributed by atoms with Crippen LogP contribution in [0, 0.1) is 11.3 Å². The fourth-order valence-electron chi connectivity index (χ4n) is 3.45. The fourth-order valence-corrected chi connectivity index (χ4v) is 3.45. The van der Waals surface area contributed by atoms with Gasteiger partial charge in [-0.1, -0.05) is 51.9 Å². The first-order chi connectivity index (χ1) is 9.59. The Labute approximate surface area is 121 Å². The van der Waals surface area contributed by atoms with Gasteiger partial charge >= 0.3 is 11.9 Å².